The molecule has 0 atom stereocenters. The largest absolute Gasteiger partial charge is 0.383 e. The van der Waals surface area contributed by atoms with Crippen molar-refractivity contribution in [3.63, 3.8) is 0 Å². The second-order valence-electron chi connectivity index (χ2n) is 4.67. The molecule has 0 radical (unpaired) electrons. The summed E-state index contributed by atoms with van der Waals surface area (Å²) in [6.45, 7) is 2.11. The summed E-state index contributed by atoms with van der Waals surface area (Å²) in [5.41, 5.74) is 0.986. The van der Waals surface area contributed by atoms with Gasteiger partial charge in [-0.15, -0.1) is 11.3 Å². The van der Waals surface area contributed by atoms with E-state index >= 15 is 0 Å². The van der Waals surface area contributed by atoms with Gasteiger partial charge in [-0.05, 0) is 6.07 Å². The summed E-state index contributed by atoms with van der Waals surface area (Å²) >= 11 is 8.15. The summed E-state index contributed by atoms with van der Waals surface area (Å²) in [5, 5.41) is 9.60. The van der Waals surface area contributed by atoms with Gasteiger partial charge in [0.15, 0.2) is 0 Å². The van der Waals surface area contributed by atoms with Crippen molar-refractivity contribution in [2.45, 2.75) is 13.1 Å². The fourth-order valence-corrected chi connectivity index (χ4v) is 3.56. The maximum absolute atomic E-state index is 6.43. The summed E-state index contributed by atoms with van der Waals surface area (Å²) in [7, 11) is 1.69. The van der Waals surface area contributed by atoms with E-state index in [-0.39, 0.29) is 0 Å². The number of aromatic nitrogens is 2. The first-order chi connectivity index (χ1) is 10.3. The summed E-state index contributed by atoms with van der Waals surface area (Å²) in [4.78, 5) is 1.14. The average Bonchev–Trinajstić information content (AvgIpc) is 3.08. The highest BCUT2D eigenvalue weighted by Gasteiger charge is 2.09. The fraction of sp³-hybridized carbons (Fsp3) is 0.267. The van der Waals surface area contributed by atoms with Crippen LogP contribution in [0.3, 0.4) is 0 Å². The maximum atomic E-state index is 6.43. The minimum atomic E-state index is 0.656. The van der Waals surface area contributed by atoms with Gasteiger partial charge in [-0.1, -0.05) is 29.8 Å². The third kappa shape index (κ3) is 3.20. The van der Waals surface area contributed by atoms with Crippen LogP contribution in [-0.2, 0) is 17.8 Å². The number of nitrogens with zero attached hydrogens (tertiary/aromatic N) is 2. The molecule has 0 spiro atoms. The van der Waals surface area contributed by atoms with E-state index in [1.165, 1.54) is 4.70 Å². The molecule has 0 amide bonds. The molecule has 4 nitrogen and oxygen atoms in total. The molecule has 0 aliphatic carbocycles. The van der Waals surface area contributed by atoms with Gasteiger partial charge in [0.05, 0.1) is 36.6 Å². The van der Waals surface area contributed by atoms with E-state index in [0.29, 0.717) is 13.2 Å². The molecule has 0 bridgehead atoms. The lowest BCUT2D eigenvalue weighted by molar-refractivity contribution is 0.183. The van der Waals surface area contributed by atoms with Crippen molar-refractivity contribution < 1.29 is 4.74 Å². The molecule has 0 aliphatic heterocycles. The Kier molecular flexibility index (Phi) is 4.43. The molecule has 0 fully saturated rings. The number of ether oxygens (including phenoxy) is 1. The molecule has 0 aliphatic rings. The van der Waals surface area contributed by atoms with Crippen LogP contribution in [-0.4, -0.2) is 23.5 Å². The first kappa shape index (κ1) is 14.4. The lowest BCUT2D eigenvalue weighted by atomic mass is 10.2. The van der Waals surface area contributed by atoms with Crippen molar-refractivity contribution in [2.24, 2.45) is 0 Å². The van der Waals surface area contributed by atoms with Crippen molar-refractivity contribution >= 4 is 38.7 Å². The van der Waals surface area contributed by atoms with Crippen LogP contribution in [0.2, 0.25) is 5.02 Å². The number of thiophene rings is 1. The van der Waals surface area contributed by atoms with E-state index in [0.717, 1.165) is 27.5 Å². The van der Waals surface area contributed by atoms with Gasteiger partial charge in [0.2, 0.25) is 0 Å². The van der Waals surface area contributed by atoms with Gasteiger partial charge in [-0.3, -0.25) is 4.68 Å². The SMILES string of the molecule is COCCn1cc(NCc2sc3ccccc3c2Cl)cn1. The van der Waals surface area contributed by atoms with Gasteiger partial charge in [0, 0.05) is 28.3 Å². The molecule has 6 heteroatoms. The minimum absolute atomic E-state index is 0.656. The molecule has 3 rings (SSSR count). The van der Waals surface area contributed by atoms with E-state index in [2.05, 4.69) is 22.5 Å². The van der Waals surface area contributed by atoms with E-state index in [9.17, 15) is 0 Å². The standard InChI is InChI=1S/C15H16ClN3OS/c1-20-7-6-19-10-11(8-18-19)17-9-14-15(16)12-4-2-3-5-13(12)21-14/h2-5,8,10,17H,6-7,9H2,1H3. The molecule has 0 saturated heterocycles. The zero-order valence-electron chi connectivity index (χ0n) is 11.7. The third-order valence-electron chi connectivity index (χ3n) is 3.21. The van der Waals surface area contributed by atoms with Crippen LogP contribution < -0.4 is 5.32 Å². The number of methoxy groups -OCH3 is 1. The molecule has 0 saturated carbocycles. The van der Waals surface area contributed by atoms with Crippen molar-refractivity contribution in [1.29, 1.82) is 0 Å². The van der Waals surface area contributed by atoms with Gasteiger partial charge in [-0.25, -0.2) is 0 Å². The Bertz CT molecular complexity index is 737. The summed E-state index contributed by atoms with van der Waals surface area (Å²) in [6.07, 6.45) is 3.79. The van der Waals surface area contributed by atoms with Gasteiger partial charge < -0.3 is 10.1 Å². The highest BCUT2D eigenvalue weighted by Crippen LogP contribution is 2.35. The quantitative estimate of drug-likeness (QED) is 0.745. The van der Waals surface area contributed by atoms with Crippen LogP contribution in [0.5, 0.6) is 0 Å². The van der Waals surface area contributed by atoms with Crippen LogP contribution in [0.1, 0.15) is 4.88 Å². The molecule has 3 aromatic rings. The number of rotatable bonds is 6. The Hall–Kier alpha value is -1.56. The topological polar surface area (TPSA) is 39.1 Å². The number of anilines is 1. The van der Waals surface area contributed by atoms with Gasteiger partial charge in [0.25, 0.3) is 0 Å². The van der Waals surface area contributed by atoms with Gasteiger partial charge in [-0.2, -0.15) is 5.10 Å². The zero-order valence-corrected chi connectivity index (χ0v) is 13.2. The van der Waals surface area contributed by atoms with Crippen LogP contribution in [0.25, 0.3) is 10.1 Å². The molecule has 2 aromatic heterocycles. The van der Waals surface area contributed by atoms with Crippen molar-refractivity contribution in [3.8, 4) is 0 Å². The molecule has 1 aromatic carbocycles. The molecular weight excluding hydrogens is 306 g/mol. The number of hydrogen-bond acceptors (Lipinski definition) is 4. The number of halogens is 1. The molecule has 0 unspecified atom stereocenters. The van der Waals surface area contributed by atoms with Crippen molar-refractivity contribution in [1.82, 2.24) is 9.78 Å². The Labute approximate surface area is 132 Å². The molecular formula is C15H16ClN3OS. The number of fused-ring (bicyclic) bond motifs is 1. The smallest absolute Gasteiger partial charge is 0.0729 e. The summed E-state index contributed by atoms with van der Waals surface area (Å²) in [6, 6.07) is 8.20. The van der Waals surface area contributed by atoms with Crippen LogP contribution in [0, 0.1) is 0 Å². The number of hydrogen-bond donors (Lipinski definition) is 1. The van der Waals surface area contributed by atoms with Crippen LogP contribution >= 0.6 is 22.9 Å². The summed E-state index contributed by atoms with van der Waals surface area (Å²) in [5.74, 6) is 0. The highest BCUT2D eigenvalue weighted by molar-refractivity contribution is 7.19. The third-order valence-corrected chi connectivity index (χ3v) is 4.93. The van der Waals surface area contributed by atoms with Gasteiger partial charge in [0.1, 0.15) is 0 Å². The molecule has 110 valence electrons. The first-order valence-corrected chi connectivity index (χ1v) is 7.88. The van der Waals surface area contributed by atoms with Crippen molar-refractivity contribution in [3.05, 3.63) is 46.6 Å². The fourth-order valence-electron chi connectivity index (χ4n) is 2.12. The van der Waals surface area contributed by atoms with E-state index < -0.39 is 0 Å². The lowest BCUT2D eigenvalue weighted by Crippen LogP contribution is -2.04. The normalized spacial score (nSPS) is 11.1. The van der Waals surface area contributed by atoms with E-state index in [4.69, 9.17) is 16.3 Å². The number of nitrogens with one attached hydrogen (secondary N) is 1. The average molecular weight is 322 g/mol. The Morgan fingerprint density at radius 1 is 1.38 bits per heavy atom. The highest BCUT2D eigenvalue weighted by atomic mass is 35.5. The lowest BCUT2D eigenvalue weighted by Gasteiger charge is -2.02. The molecule has 2 heterocycles. The Balaban J connectivity index is 1.68. The second-order valence-corrected chi connectivity index (χ2v) is 6.19. The molecule has 1 N–H and O–H groups in total. The Morgan fingerprint density at radius 2 is 2.24 bits per heavy atom. The number of benzene rings is 1. The Morgan fingerprint density at radius 3 is 3.05 bits per heavy atom. The monoisotopic (exact) mass is 321 g/mol. The summed E-state index contributed by atoms with van der Waals surface area (Å²) < 4.78 is 8.11. The van der Waals surface area contributed by atoms with Gasteiger partial charge >= 0.3 is 0 Å². The predicted octanol–water partition coefficient (Wildman–Crippen LogP) is 4.01. The first-order valence-electron chi connectivity index (χ1n) is 6.69. The minimum Gasteiger partial charge on any atom is -0.383 e. The zero-order chi connectivity index (χ0) is 14.7. The van der Waals surface area contributed by atoms with Crippen molar-refractivity contribution in [2.75, 3.05) is 19.0 Å². The van der Waals surface area contributed by atoms with E-state index in [1.807, 2.05) is 29.2 Å². The van der Waals surface area contributed by atoms with Crippen LogP contribution in [0.15, 0.2) is 36.7 Å². The van der Waals surface area contributed by atoms with Crippen LogP contribution in [0.4, 0.5) is 5.69 Å². The predicted molar refractivity (Wildman–Crippen MR) is 88.3 cm³/mol. The maximum Gasteiger partial charge on any atom is 0.0729 e. The van der Waals surface area contributed by atoms with E-state index in [1.54, 1.807) is 18.4 Å². The second kappa shape index (κ2) is 6.47. The molecule has 21 heavy (non-hydrogen) atoms.